The molecule has 0 bridgehead atoms. The third kappa shape index (κ3) is 17.6. The van der Waals surface area contributed by atoms with E-state index in [2.05, 4.69) is 110 Å². The first kappa shape index (κ1) is 32.2. The molecule has 0 N–H and O–H groups in total. The molecule has 3 nitrogen and oxygen atoms in total. The topological polar surface area (TPSA) is 30.7 Å². The number of nitrogens with zero attached hydrogens (tertiary/aromatic N) is 3. The van der Waals surface area contributed by atoms with Crippen LogP contribution in [0, 0.1) is 0 Å². The minimum atomic E-state index is -10.7. The molecule has 0 saturated heterocycles. The molecule has 0 fully saturated rings. The molecule has 0 amide bonds. The van der Waals surface area contributed by atoms with Gasteiger partial charge < -0.3 is 4.57 Å². The van der Waals surface area contributed by atoms with Gasteiger partial charge in [-0.2, -0.15) is 0 Å². The molecule has 0 unspecified atom stereocenters. The van der Waals surface area contributed by atoms with Gasteiger partial charge in [0.25, 0.3) is 0 Å². The fourth-order valence-electron chi connectivity index (χ4n) is 2.72. The Labute approximate surface area is 222 Å². The van der Waals surface area contributed by atoms with Gasteiger partial charge in [0.1, 0.15) is 0 Å². The Morgan fingerprint density at radius 1 is 0.778 bits per heavy atom. The molecule has 0 aliphatic heterocycles. The Bertz CT molecular complexity index is 1060. The van der Waals surface area contributed by atoms with Crippen LogP contribution < -0.4 is 10.6 Å². The predicted molar refractivity (Wildman–Crippen MR) is 135 cm³/mol. The maximum Gasteiger partial charge on any atom is 0.0407 e. The Morgan fingerprint density at radius 3 is 1.58 bits per heavy atom. The van der Waals surface area contributed by atoms with E-state index in [-0.39, 0.29) is 7.92 Å². The molecule has 200 valence electrons. The molecule has 13 heteroatoms. The number of aryl methyl sites for hydroxylation is 2. The van der Waals surface area contributed by atoms with Crippen molar-refractivity contribution in [1.29, 1.82) is 0 Å². The van der Waals surface area contributed by atoms with Crippen molar-refractivity contribution in [2.75, 3.05) is 6.16 Å². The van der Waals surface area contributed by atoms with Gasteiger partial charge in [-0.05, 0) is 43.2 Å². The molecular formula is C23H24ClF6N3P2Pd. The molecular weight excluding hydrogens is 636 g/mol. The van der Waals surface area contributed by atoms with Crippen molar-refractivity contribution >= 4 is 35.9 Å². The van der Waals surface area contributed by atoms with Crippen molar-refractivity contribution in [2.45, 2.75) is 6.42 Å². The molecule has 36 heavy (non-hydrogen) atoms. The Balaban J connectivity index is 0.000000355. The van der Waals surface area contributed by atoms with E-state index in [4.69, 9.17) is 0 Å². The minimum absolute atomic E-state index is 0.315. The monoisotopic (exact) mass is 659 g/mol. The number of hydrogen-bond donors (Lipinski definition) is 0. The van der Waals surface area contributed by atoms with E-state index in [9.17, 15) is 25.2 Å². The summed E-state index contributed by atoms with van der Waals surface area (Å²) in [6.07, 6.45) is 9.43. The van der Waals surface area contributed by atoms with Crippen LogP contribution >= 0.6 is 25.3 Å². The van der Waals surface area contributed by atoms with Crippen LogP contribution in [-0.2, 0) is 31.6 Å². The van der Waals surface area contributed by atoms with Crippen LogP contribution in [0.25, 0.3) is 0 Å². The van der Waals surface area contributed by atoms with Crippen molar-refractivity contribution < 1.29 is 43.4 Å². The summed E-state index contributed by atoms with van der Waals surface area (Å²) in [7, 11) is -4.55. The van der Waals surface area contributed by atoms with Crippen LogP contribution in [0.5, 0.6) is 0 Å². The van der Waals surface area contributed by atoms with Gasteiger partial charge >= 0.3 is 60.7 Å². The van der Waals surface area contributed by atoms with Gasteiger partial charge in [0.2, 0.25) is 0 Å². The summed E-state index contributed by atoms with van der Waals surface area (Å²) in [6.45, 7) is 0. The summed E-state index contributed by atoms with van der Waals surface area (Å²) in [5.41, 5.74) is 1.18. The SMILES string of the molecule is Cn1ccnc1.F[P-](F)(F)(F)(F)F.[Cl][Pd+].c1ccc(P(CCc2ccccn2)c2ccccc2)cc1. The molecule has 2 aromatic carbocycles. The number of aromatic nitrogens is 3. The van der Waals surface area contributed by atoms with E-state index < -0.39 is 7.81 Å². The molecule has 2 aromatic heterocycles. The second-order valence-corrected chi connectivity index (χ2v) is 11.3. The predicted octanol–water partition coefficient (Wildman–Crippen LogP) is 8.25. The summed E-state index contributed by atoms with van der Waals surface area (Å²) in [5, 5.41) is 2.88. The van der Waals surface area contributed by atoms with E-state index in [0.29, 0.717) is 0 Å². The number of benzene rings is 2. The fraction of sp³-hybridized carbons (Fsp3) is 0.130. The first-order valence-corrected chi connectivity index (χ1v) is 15.7. The summed E-state index contributed by atoms with van der Waals surface area (Å²) >= 11 is 2.22. The van der Waals surface area contributed by atoms with Crippen LogP contribution in [0.3, 0.4) is 0 Å². The Hall–Kier alpha value is -1.81. The fourth-order valence-corrected chi connectivity index (χ4v) is 5.05. The van der Waals surface area contributed by atoms with E-state index >= 15 is 0 Å². The second-order valence-electron chi connectivity index (χ2n) is 7.08. The van der Waals surface area contributed by atoms with Crippen LogP contribution in [0.1, 0.15) is 5.69 Å². The molecule has 2 heterocycles. The van der Waals surface area contributed by atoms with E-state index in [1.807, 2.05) is 30.1 Å². The smallest absolute Gasteiger partial charge is 0.0407 e. The van der Waals surface area contributed by atoms with Crippen LogP contribution in [0.2, 0.25) is 0 Å². The van der Waals surface area contributed by atoms with Crippen molar-refractivity contribution in [3.05, 3.63) is 109 Å². The van der Waals surface area contributed by atoms with Gasteiger partial charge in [0.05, 0.1) is 6.33 Å². The van der Waals surface area contributed by atoms with E-state index in [1.165, 1.54) is 16.3 Å². The van der Waals surface area contributed by atoms with E-state index in [1.54, 1.807) is 12.5 Å². The quantitative estimate of drug-likeness (QED) is 0.123. The average molecular weight is 660 g/mol. The zero-order valence-corrected chi connectivity index (χ0v) is 23.0. The number of rotatable bonds is 5. The number of halogens is 7. The van der Waals surface area contributed by atoms with Gasteiger partial charge in [-0.25, -0.2) is 4.98 Å². The third-order valence-corrected chi connectivity index (χ3v) is 6.60. The van der Waals surface area contributed by atoms with Gasteiger partial charge in [-0.3, -0.25) is 4.98 Å². The van der Waals surface area contributed by atoms with Crippen molar-refractivity contribution in [3.63, 3.8) is 0 Å². The summed E-state index contributed by atoms with van der Waals surface area (Å²) in [4.78, 5) is 8.23. The number of pyridine rings is 1. The standard InChI is InChI=1S/C19H18NP.C4H6N2.ClH.F6P.Pd/c1-3-10-18(11-4-1)21(19-12-5-2-6-13-19)16-14-17-9-7-8-15-20-17;1-6-3-2-5-4-6;;1-7(2,3,4,5)6;/h1-13,15H,14,16H2;2-4H,1H3;1H;;/q;;;-1;+2/p-1. The third-order valence-electron chi connectivity index (χ3n) is 4.09. The molecule has 4 rings (SSSR count). The minimum Gasteiger partial charge on any atom is -0.261 e. The molecule has 0 spiro atoms. The molecule has 0 atom stereocenters. The van der Waals surface area contributed by atoms with Crippen molar-refractivity contribution in [3.8, 4) is 0 Å². The van der Waals surface area contributed by atoms with Gasteiger partial charge in [0, 0.05) is 31.3 Å². The van der Waals surface area contributed by atoms with Crippen LogP contribution in [0.4, 0.5) is 25.2 Å². The summed E-state index contributed by atoms with van der Waals surface area (Å²) in [5.74, 6) is 0. The van der Waals surface area contributed by atoms with Crippen LogP contribution in [0.15, 0.2) is 104 Å². The summed E-state index contributed by atoms with van der Waals surface area (Å²) in [6, 6.07) is 27.8. The average Bonchev–Trinajstić information content (AvgIpc) is 3.32. The van der Waals surface area contributed by atoms with Crippen LogP contribution in [-0.4, -0.2) is 20.7 Å². The molecule has 0 aliphatic carbocycles. The molecule has 0 saturated carbocycles. The zero-order valence-electron chi connectivity index (χ0n) is 18.9. The van der Waals surface area contributed by atoms with Gasteiger partial charge in [-0.1, -0.05) is 66.7 Å². The maximum absolute atomic E-state index is 10.7. The first-order chi connectivity index (χ1) is 16.8. The first-order valence-electron chi connectivity index (χ1n) is 10.2. The van der Waals surface area contributed by atoms with Crippen molar-refractivity contribution in [1.82, 2.24) is 14.5 Å². The van der Waals surface area contributed by atoms with E-state index in [0.717, 1.165) is 12.6 Å². The molecule has 4 aromatic rings. The Morgan fingerprint density at radius 2 is 1.25 bits per heavy atom. The zero-order chi connectivity index (χ0) is 27.1. The van der Waals surface area contributed by atoms with Crippen molar-refractivity contribution in [2.24, 2.45) is 7.05 Å². The Kier molecular flexibility index (Phi) is 12.7. The van der Waals surface area contributed by atoms with Gasteiger partial charge in [0.15, 0.2) is 0 Å². The molecule has 0 aliphatic rings. The second kappa shape index (κ2) is 14.2. The largest absolute Gasteiger partial charge is 0.261 e. The van der Waals surface area contributed by atoms with Gasteiger partial charge in [-0.15, -0.1) is 0 Å². The number of imidazole rings is 1. The normalized spacial score (nSPS) is 12.4. The number of hydrogen-bond acceptors (Lipinski definition) is 2. The summed E-state index contributed by atoms with van der Waals surface area (Å²) < 4.78 is 61.1. The molecule has 0 radical (unpaired) electrons. The maximum atomic E-state index is 9.87.